The van der Waals surface area contributed by atoms with E-state index in [1.165, 1.54) is 19.1 Å². The lowest BCUT2D eigenvalue weighted by atomic mass is 10.1. The minimum atomic E-state index is -0.307. The summed E-state index contributed by atoms with van der Waals surface area (Å²) < 4.78 is 13.1. The van der Waals surface area contributed by atoms with Crippen LogP contribution in [0.25, 0.3) is 0 Å². The van der Waals surface area contributed by atoms with Crippen molar-refractivity contribution >= 4 is 17.2 Å². The van der Waals surface area contributed by atoms with Crippen molar-refractivity contribution in [2.45, 2.75) is 13.5 Å². The third-order valence-corrected chi connectivity index (χ3v) is 2.86. The molecule has 0 saturated heterocycles. The highest BCUT2D eigenvalue weighted by Gasteiger charge is 2.04. The van der Waals surface area contributed by atoms with Crippen LogP contribution in [0.5, 0.6) is 0 Å². The molecule has 2 aromatic rings. The van der Waals surface area contributed by atoms with Crippen molar-refractivity contribution in [3.8, 4) is 0 Å². The second-order valence-corrected chi connectivity index (χ2v) is 4.26. The summed E-state index contributed by atoms with van der Waals surface area (Å²) in [6.45, 7) is 1.78. The number of nitrogens with two attached hydrogens (primary N) is 1. The predicted octanol–water partition coefficient (Wildman–Crippen LogP) is 3.23. The first-order chi connectivity index (χ1) is 9.10. The Balaban J connectivity index is 2.23. The van der Waals surface area contributed by atoms with Crippen molar-refractivity contribution < 1.29 is 9.18 Å². The Morgan fingerprint density at radius 3 is 2.47 bits per heavy atom. The van der Waals surface area contributed by atoms with E-state index in [2.05, 4.69) is 5.32 Å². The van der Waals surface area contributed by atoms with Gasteiger partial charge in [-0.25, -0.2) is 4.39 Å². The molecule has 0 fully saturated rings. The highest BCUT2D eigenvalue weighted by molar-refractivity contribution is 5.94. The van der Waals surface area contributed by atoms with Crippen molar-refractivity contribution in [1.29, 1.82) is 0 Å². The van der Waals surface area contributed by atoms with Gasteiger partial charge in [0.25, 0.3) is 0 Å². The van der Waals surface area contributed by atoms with Gasteiger partial charge in [0.15, 0.2) is 5.78 Å². The lowest BCUT2D eigenvalue weighted by Crippen LogP contribution is -2.02. The topological polar surface area (TPSA) is 55.1 Å². The van der Waals surface area contributed by atoms with E-state index in [-0.39, 0.29) is 18.1 Å². The molecule has 0 aliphatic carbocycles. The number of Topliss-reactive ketones (excluding diaryl/α,β-unsaturated/α-hetero) is 1. The number of hydrogen-bond donors (Lipinski definition) is 2. The van der Waals surface area contributed by atoms with Crippen LogP contribution in [0, 0.1) is 5.82 Å². The van der Waals surface area contributed by atoms with Gasteiger partial charge < -0.3 is 11.1 Å². The fourth-order valence-electron chi connectivity index (χ4n) is 1.80. The molecule has 3 N–H and O–H groups in total. The van der Waals surface area contributed by atoms with E-state index < -0.39 is 0 Å². The van der Waals surface area contributed by atoms with E-state index in [9.17, 15) is 9.18 Å². The summed E-state index contributed by atoms with van der Waals surface area (Å²) in [5.74, 6) is -0.283. The van der Waals surface area contributed by atoms with E-state index >= 15 is 0 Å². The van der Waals surface area contributed by atoms with Gasteiger partial charge in [0.2, 0.25) is 0 Å². The van der Waals surface area contributed by atoms with Crippen LogP contribution >= 0.6 is 0 Å². The van der Waals surface area contributed by atoms with Gasteiger partial charge in [0.1, 0.15) is 5.82 Å². The Labute approximate surface area is 111 Å². The normalized spacial score (nSPS) is 10.3. The molecule has 0 heterocycles. The van der Waals surface area contributed by atoms with E-state index in [1.54, 1.807) is 30.3 Å². The smallest absolute Gasteiger partial charge is 0.159 e. The van der Waals surface area contributed by atoms with Crippen LogP contribution in [0.15, 0.2) is 42.5 Å². The van der Waals surface area contributed by atoms with Gasteiger partial charge in [-0.05, 0) is 55.0 Å². The molecule has 0 aliphatic rings. The summed E-state index contributed by atoms with van der Waals surface area (Å²) in [6.07, 6.45) is 0. The second-order valence-electron chi connectivity index (χ2n) is 4.26. The molecular formula is C15H15FN2O. The second kappa shape index (κ2) is 5.63. The maximum Gasteiger partial charge on any atom is 0.159 e. The molecule has 0 amide bonds. The molecule has 3 nitrogen and oxygen atoms in total. The van der Waals surface area contributed by atoms with Gasteiger partial charge in [-0.1, -0.05) is 0 Å². The quantitative estimate of drug-likeness (QED) is 0.828. The van der Waals surface area contributed by atoms with Gasteiger partial charge in [0.05, 0.1) is 0 Å². The first kappa shape index (κ1) is 13.2. The molecule has 0 aromatic heterocycles. The number of halogens is 1. The molecule has 0 radical (unpaired) electrons. The average Bonchev–Trinajstić information content (AvgIpc) is 2.41. The van der Waals surface area contributed by atoms with Crippen molar-refractivity contribution in [2.75, 3.05) is 5.32 Å². The highest BCUT2D eigenvalue weighted by Crippen LogP contribution is 2.22. The number of carbonyl (C=O) groups excluding carboxylic acids is 1. The summed E-state index contributed by atoms with van der Waals surface area (Å²) >= 11 is 0. The van der Waals surface area contributed by atoms with Crippen molar-refractivity contribution in [3.63, 3.8) is 0 Å². The molecule has 4 heteroatoms. The van der Waals surface area contributed by atoms with Crippen LogP contribution in [-0.2, 0) is 6.54 Å². The molecule has 0 bridgehead atoms. The molecule has 98 valence electrons. The summed E-state index contributed by atoms with van der Waals surface area (Å²) in [5, 5.41) is 3.16. The number of carbonyl (C=O) groups is 1. The van der Waals surface area contributed by atoms with Crippen molar-refractivity contribution in [2.24, 2.45) is 5.73 Å². The number of benzene rings is 2. The van der Waals surface area contributed by atoms with Crippen LogP contribution in [0.2, 0.25) is 0 Å². The van der Waals surface area contributed by atoms with Gasteiger partial charge in [-0.2, -0.15) is 0 Å². The standard InChI is InChI=1S/C15H15FN2O/c1-10(19)11-2-5-14(6-3-11)18-15-7-4-13(16)8-12(15)9-17/h2-8,18H,9,17H2,1H3. The third-order valence-electron chi connectivity index (χ3n) is 2.86. The fourth-order valence-corrected chi connectivity index (χ4v) is 1.80. The molecular weight excluding hydrogens is 243 g/mol. The lowest BCUT2D eigenvalue weighted by molar-refractivity contribution is 0.101. The van der Waals surface area contributed by atoms with Crippen LogP contribution in [-0.4, -0.2) is 5.78 Å². The van der Waals surface area contributed by atoms with Gasteiger partial charge >= 0.3 is 0 Å². The van der Waals surface area contributed by atoms with Gasteiger partial charge in [-0.15, -0.1) is 0 Å². The van der Waals surface area contributed by atoms with Gasteiger partial charge in [0, 0.05) is 23.5 Å². The Kier molecular flexibility index (Phi) is 3.92. The zero-order chi connectivity index (χ0) is 13.8. The molecule has 2 rings (SSSR count). The summed E-state index contributed by atoms with van der Waals surface area (Å²) in [5.41, 5.74) is 8.53. The first-order valence-corrected chi connectivity index (χ1v) is 5.96. The van der Waals surface area contributed by atoms with E-state index in [4.69, 9.17) is 5.73 Å². The third kappa shape index (κ3) is 3.17. The van der Waals surface area contributed by atoms with Crippen molar-refractivity contribution in [3.05, 3.63) is 59.4 Å². The predicted molar refractivity (Wildman–Crippen MR) is 74.0 cm³/mol. The Hall–Kier alpha value is -2.20. The zero-order valence-electron chi connectivity index (χ0n) is 10.6. The Bertz CT molecular complexity index is 594. The minimum absolute atomic E-state index is 0.0241. The summed E-state index contributed by atoms with van der Waals surface area (Å²) in [4.78, 5) is 11.2. The maximum absolute atomic E-state index is 13.1. The van der Waals surface area contributed by atoms with Crippen LogP contribution in [0.1, 0.15) is 22.8 Å². The Morgan fingerprint density at radius 1 is 1.21 bits per heavy atom. The molecule has 2 aromatic carbocycles. The number of rotatable bonds is 4. The SMILES string of the molecule is CC(=O)c1ccc(Nc2ccc(F)cc2CN)cc1. The lowest BCUT2D eigenvalue weighted by Gasteiger charge is -2.11. The van der Waals surface area contributed by atoms with E-state index in [0.717, 1.165) is 11.4 Å². The molecule has 0 saturated carbocycles. The molecule has 0 spiro atoms. The zero-order valence-corrected chi connectivity index (χ0v) is 10.6. The van der Waals surface area contributed by atoms with Crippen LogP contribution in [0.4, 0.5) is 15.8 Å². The molecule has 0 unspecified atom stereocenters. The van der Waals surface area contributed by atoms with Crippen molar-refractivity contribution in [1.82, 2.24) is 0 Å². The first-order valence-electron chi connectivity index (χ1n) is 5.96. The number of hydrogen-bond acceptors (Lipinski definition) is 3. The number of anilines is 2. The molecule has 0 aliphatic heterocycles. The van der Waals surface area contributed by atoms with E-state index in [1.807, 2.05) is 0 Å². The minimum Gasteiger partial charge on any atom is -0.355 e. The monoisotopic (exact) mass is 258 g/mol. The number of nitrogens with one attached hydrogen (secondary N) is 1. The van der Waals surface area contributed by atoms with E-state index in [0.29, 0.717) is 11.1 Å². The van der Waals surface area contributed by atoms with Gasteiger partial charge in [-0.3, -0.25) is 4.79 Å². The Morgan fingerprint density at radius 2 is 1.89 bits per heavy atom. The summed E-state index contributed by atoms with van der Waals surface area (Å²) in [6, 6.07) is 11.5. The highest BCUT2D eigenvalue weighted by atomic mass is 19.1. The maximum atomic E-state index is 13.1. The fraction of sp³-hybridized carbons (Fsp3) is 0.133. The number of ketones is 1. The average molecular weight is 258 g/mol. The summed E-state index contributed by atoms with van der Waals surface area (Å²) in [7, 11) is 0. The molecule has 0 atom stereocenters. The molecule has 19 heavy (non-hydrogen) atoms. The van der Waals surface area contributed by atoms with Crippen LogP contribution in [0.3, 0.4) is 0 Å². The van der Waals surface area contributed by atoms with Crippen LogP contribution < -0.4 is 11.1 Å². The largest absolute Gasteiger partial charge is 0.355 e.